The van der Waals surface area contributed by atoms with E-state index in [1.807, 2.05) is 35.0 Å². The highest BCUT2D eigenvalue weighted by Gasteiger charge is 2.38. The van der Waals surface area contributed by atoms with E-state index in [9.17, 15) is 18.0 Å². The SMILES string of the molecule is CCc1sc(-c2cnn(C)c2C(=O)NC2CCn3nc(-c4ccccc4)nc3C2)nc1C(F)(F)F. The van der Waals surface area contributed by atoms with E-state index in [2.05, 4.69) is 25.5 Å². The maximum atomic E-state index is 13.4. The van der Waals surface area contributed by atoms with Crippen molar-refractivity contribution in [3.63, 3.8) is 0 Å². The highest BCUT2D eigenvalue weighted by molar-refractivity contribution is 7.15. The Kier molecular flexibility index (Phi) is 5.91. The smallest absolute Gasteiger partial charge is 0.347 e. The Bertz CT molecular complexity index is 1370. The van der Waals surface area contributed by atoms with Crippen LogP contribution in [-0.2, 0) is 32.6 Å². The second-order valence-electron chi connectivity index (χ2n) is 8.28. The van der Waals surface area contributed by atoms with E-state index < -0.39 is 17.8 Å². The summed E-state index contributed by atoms with van der Waals surface area (Å²) >= 11 is 0.936. The number of nitrogens with one attached hydrogen (secondary N) is 1. The molecule has 0 saturated carbocycles. The van der Waals surface area contributed by atoms with E-state index in [4.69, 9.17) is 0 Å². The van der Waals surface area contributed by atoms with Gasteiger partial charge in [-0.15, -0.1) is 11.3 Å². The monoisotopic (exact) mass is 501 g/mol. The number of benzene rings is 1. The van der Waals surface area contributed by atoms with Gasteiger partial charge in [-0.1, -0.05) is 37.3 Å². The molecule has 1 aromatic carbocycles. The molecule has 4 aromatic rings. The molecule has 3 aromatic heterocycles. The van der Waals surface area contributed by atoms with E-state index >= 15 is 0 Å². The molecule has 4 heterocycles. The topological polar surface area (TPSA) is 90.5 Å². The summed E-state index contributed by atoms with van der Waals surface area (Å²) in [4.78, 5) is 21.8. The highest BCUT2D eigenvalue weighted by Crippen LogP contribution is 2.38. The summed E-state index contributed by atoms with van der Waals surface area (Å²) in [5, 5.41) is 11.8. The predicted molar refractivity (Wildman–Crippen MR) is 124 cm³/mol. The summed E-state index contributed by atoms with van der Waals surface area (Å²) in [5.74, 6) is 0.994. The molecule has 0 bridgehead atoms. The van der Waals surface area contributed by atoms with Crippen molar-refractivity contribution in [3.05, 3.63) is 58.6 Å². The lowest BCUT2D eigenvalue weighted by Crippen LogP contribution is -2.41. The Morgan fingerprint density at radius 1 is 1.23 bits per heavy atom. The van der Waals surface area contributed by atoms with Crippen LogP contribution in [0, 0.1) is 0 Å². The normalized spacial score (nSPS) is 15.7. The Morgan fingerprint density at radius 3 is 2.69 bits per heavy atom. The van der Waals surface area contributed by atoms with E-state index in [1.54, 1.807) is 14.0 Å². The van der Waals surface area contributed by atoms with Gasteiger partial charge in [-0.25, -0.2) is 14.6 Å². The Hall–Kier alpha value is -3.54. The van der Waals surface area contributed by atoms with Gasteiger partial charge < -0.3 is 5.32 Å². The standard InChI is InChI=1S/C23H22F3N7OS/c1-3-16-19(23(24,25)26)30-22(35-16)15-12-27-32(2)18(15)21(34)28-14-9-10-33-17(11-14)29-20(31-33)13-7-5-4-6-8-13/h4-8,12,14H,3,9-11H2,1-2H3,(H,28,34). The molecule has 12 heteroatoms. The number of hydrogen-bond acceptors (Lipinski definition) is 6. The third-order valence-electron chi connectivity index (χ3n) is 5.91. The van der Waals surface area contributed by atoms with Crippen molar-refractivity contribution in [2.45, 2.75) is 44.9 Å². The largest absolute Gasteiger partial charge is 0.434 e. The number of fused-ring (bicyclic) bond motifs is 1. The molecule has 0 spiro atoms. The lowest BCUT2D eigenvalue weighted by atomic mass is 10.1. The number of aryl methyl sites for hydroxylation is 3. The van der Waals surface area contributed by atoms with Crippen molar-refractivity contribution >= 4 is 17.2 Å². The summed E-state index contributed by atoms with van der Waals surface area (Å²) in [6.45, 7) is 2.24. The van der Waals surface area contributed by atoms with Crippen LogP contribution >= 0.6 is 11.3 Å². The van der Waals surface area contributed by atoms with Crippen molar-refractivity contribution in [2.75, 3.05) is 0 Å². The lowest BCUT2D eigenvalue weighted by molar-refractivity contribution is -0.141. The molecule has 1 atom stereocenters. The number of aromatic nitrogens is 6. The van der Waals surface area contributed by atoms with Gasteiger partial charge in [-0.3, -0.25) is 9.48 Å². The molecule has 0 fully saturated rings. The average molecular weight is 502 g/mol. The van der Waals surface area contributed by atoms with Crippen LogP contribution < -0.4 is 5.32 Å². The summed E-state index contributed by atoms with van der Waals surface area (Å²) in [5.41, 5.74) is 0.469. The maximum absolute atomic E-state index is 13.4. The van der Waals surface area contributed by atoms with E-state index in [0.29, 0.717) is 25.2 Å². The first-order chi connectivity index (χ1) is 16.7. The van der Waals surface area contributed by atoms with E-state index in [-0.39, 0.29) is 33.6 Å². The number of alkyl halides is 3. The van der Waals surface area contributed by atoms with Gasteiger partial charge in [0, 0.05) is 36.5 Å². The molecule has 0 aliphatic carbocycles. The summed E-state index contributed by atoms with van der Waals surface area (Å²) in [7, 11) is 1.58. The van der Waals surface area contributed by atoms with Crippen molar-refractivity contribution in [1.29, 1.82) is 0 Å². The third-order valence-corrected chi connectivity index (χ3v) is 7.14. The number of nitrogens with zero attached hydrogens (tertiary/aromatic N) is 6. The second-order valence-corrected chi connectivity index (χ2v) is 9.36. The van der Waals surface area contributed by atoms with Gasteiger partial charge >= 0.3 is 6.18 Å². The Morgan fingerprint density at radius 2 is 2.00 bits per heavy atom. The van der Waals surface area contributed by atoms with Gasteiger partial charge in [-0.2, -0.15) is 23.4 Å². The predicted octanol–water partition coefficient (Wildman–Crippen LogP) is 4.13. The Labute approximate surface area is 202 Å². The van der Waals surface area contributed by atoms with Crippen molar-refractivity contribution < 1.29 is 18.0 Å². The number of thiazole rings is 1. The number of carbonyl (C=O) groups excluding carboxylic acids is 1. The molecular formula is C23H22F3N7OS. The zero-order chi connectivity index (χ0) is 24.7. The fourth-order valence-corrected chi connectivity index (χ4v) is 5.21. The quantitative estimate of drug-likeness (QED) is 0.444. The van der Waals surface area contributed by atoms with Crippen LogP contribution in [0.1, 0.15) is 40.2 Å². The number of amides is 1. The fraction of sp³-hybridized carbons (Fsp3) is 0.348. The zero-order valence-corrected chi connectivity index (χ0v) is 19.8. The van der Waals surface area contributed by atoms with Crippen molar-refractivity contribution in [1.82, 2.24) is 34.8 Å². The molecule has 1 aliphatic heterocycles. The molecule has 35 heavy (non-hydrogen) atoms. The van der Waals surface area contributed by atoms with Crippen molar-refractivity contribution in [2.24, 2.45) is 7.05 Å². The molecule has 0 saturated heterocycles. The number of rotatable bonds is 5. The second kappa shape index (κ2) is 8.91. The van der Waals surface area contributed by atoms with Gasteiger partial charge in [-0.05, 0) is 12.8 Å². The third kappa shape index (κ3) is 4.45. The zero-order valence-electron chi connectivity index (χ0n) is 19.0. The van der Waals surface area contributed by atoms with E-state index in [0.717, 1.165) is 22.7 Å². The summed E-state index contributed by atoms with van der Waals surface area (Å²) in [6.07, 6.45) is -1.83. The molecule has 1 N–H and O–H groups in total. The van der Waals surface area contributed by atoms with Crippen LogP contribution in [0.3, 0.4) is 0 Å². The molecule has 1 aliphatic rings. The minimum Gasteiger partial charge on any atom is -0.347 e. The molecule has 182 valence electrons. The minimum atomic E-state index is -4.55. The molecule has 0 radical (unpaired) electrons. The first-order valence-electron chi connectivity index (χ1n) is 11.1. The van der Waals surface area contributed by atoms with Crippen LogP contribution in [0.5, 0.6) is 0 Å². The molecule has 1 amide bonds. The van der Waals surface area contributed by atoms with Gasteiger partial charge in [0.1, 0.15) is 16.5 Å². The van der Waals surface area contributed by atoms with Gasteiger partial charge in [0.2, 0.25) is 0 Å². The van der Waals surface area contributed by atoms with Gasteiger partial charge in [0.15, 0.2) is 11.5 Å². The van der Waals surface area contributed by atoms with Crippen LogP contribution in [-0.4, -0.2) is 41.5 Å². The molecule has 8 nitrogen and oxygen atoms in total. The minimum absolute atomic E-state index is 0.128. The number of carbonyl (C=O) groups is 1. The molecule has 1 unspecified atom stereocenters. The maximum Gasteiger partial charge on any atom is 0.434 e. The van der Waals surface area contributed by atoms with Crippen LogP contribution in [0.2, 0.25) is 0 Å². The molecule has 5 rings (SSSR count). The fourth-order valence-electron chi connectivity index (χ4n) is 4.18. The van der Waals surface area contributed by atoms with Crippen LogP contribution in [0.15, 0.2) is 36.5 Å². The number of hydrogen-bond donors (Lipinski definition) is 1. The lowest BCUT2D eigenvalue weighted by Gasteiger charge is -2.23. The summed E-state index contributed by atoms with van der Waals surface area (Å²) in [6, 6.07) is 9.46. The van der Waals surface area contributed by atoms with E-state index in [1.165, 1.54) is 10.9 Å². The van der Waals surface area contributed by atoms with Crippen LogP contribution in [0.25, 0.3) is 22.0 Å². The Balaban J connectivity index is 1.36. The van der Waals surface area contributed by atoms with Gasteiger partial charge in [0.25, 0.3) is 5.91 Å². The highest BCUT2D eigenvalue weighted by atomic mass is 32.1. The number of halogens is 3. The first kappa shape index (κ1) is 23.2. The van der Waals surface area contributed by atoms with Crippen molar-refractivity contribution in [3.8, 4) is 22.0 Å². The first-order valence-corrected chi connectivity index (χ1v) is 12.0. The average Bonchev–Trinajstić information content (AvgIpc) is 3.55. The van der Waals surface area contributed by atoms with Crippen LogP contribution in [0.4, 0.5) is 13.2 Å². The summed E-state index contributed by atoms with van der Waals surface area (Å²) < 4.78 is 43.4. The molecular weight excluding hydrogens is 479 g/mol. The van der Waals surface area contributed by atoms with Gasteiger partial charge in [0.05, 0.1) is 11.8 Å².